The van der Waals surface area contributed by atoms with Crippen molar-refractivity contribution in [3.8, 4) is 0 Å². The van der Waals surface area contributed by atoms with Crippen LogP contribution in [0.5, 0.6) is 0 Å². The summed E-state index contributed by atoms with van der Waals surface area (Å²) in [6, 6.07) is 5.48. The van der Waals surface area contributed by atoms with Gasteiger partial charge in [-0.25, -0.2) is 19.2 Å². The fraction of sp³-hybridized carbons (Fsp3) is 0.250. The third-order valence-corrected chi connectivity index (χ3v) is 2.82. The van der Waals surface area contributed by atoms with Crippen molar-refractivity contribution < 1.29 is 64.5 Å². The smallest absolute Gasteiger partial charge is 0.336 e. The monoisotopic (exact) mass is 448 g/mol. The molecule has 1 aromatic rings. The summed E-state index contributed by atoms with van der Waals surface area (Å²) in [6.07, 6.45) is -4.53. The van der Waals surface area contributed by atoms with E-state index in [9.17, 15) is 28.8 Å². The molecule has 15 nitrogen and oxygen atoms in total. The highest BCUT2D eigenvalue weighted by Crippen LogP contribution is 2.07. The van der Waals surface area contributed by atoms with Crippen molar-refractivity contribution in [2.75, 3.05) is 13.1 Å². The number of benzene rings is 1. The van der Waals surface area contributed by atoms with Crippen molar-refractivity contribution >= 4 is 35.8 Å². The fourth-order valence-electron chi connectivity index (χ4n) is 1.37. The topological polar surface area (TPSA) is 282 Å². The van der Waals surface area contributed by atoms with Crippen LogP contribution in [0.1, 0.15) is 20.7 Å². The number of rotatable bonds is 8. The van der Waals surface area contributed by atoms with E-state index in [4.69, 9.17) is 41.5 Å². The van der Waals surface area contributed by atoms with E-state index in [1.807, 2.05) is 0 Å². The molecule has 0 saturated carbocycles. The molecule has 1 aromatic carbocycles. The van der Waals surface area contributed by atoms with Gasteiger partial charge in [-0.05, 0) is 12.1 Å². The van der Waals surface area contributed by atoms with Crippen molar-refractivity contribution in [3.63, 3.8) is 0 Å². The van der Waals surface area contributed by atoms with Crippen LogP contribution in [0.4, 0.5) is 0 Å². The van der Waals surface area contributed by atoms with E-state index in [1.165, 1.54) is 24.3 Å². The molecule has 0 spiro atoms. The van der Waals surface area contributed by atoms with Gasteiger partial charge in [0, 0.05) is 0 Å². The first-order chi connectivity index (χ1) is 14.3. The number of aliphatic carboxylic acids is 3. The average Bonchev–Trinajstić information content (AvgIpc) is 2.71. The van der Waals surface area contributed by atoms with Gasteiger partial charge in [-0.1, -0.05) is 12.1 Å². The van der Waals surface area contributed by atoms with Crippen LogP contribution in [0.3, 0.4) is 0 Å². The normalized spacial score (nSPS) is 11.2. The van der Waals surface area contributed by atoms with E-state index in [0.29, 0.717) is 0 Å². The van der Waals surface area contributed by atoms with E-state index in [-0.39, 0.29) is 24.2 Å². The number of carbonyl (C=O) groups is 6. The first-order valence-electron chi connectivity index (χ1n) is 7.82. The van der Waals surface area contributed by atoms with Gasteiger partial charge in [0.2, 0.25) is 5.91 Å². The third-order valence-electron chi connectivity index (χ3n) is 2.82. The second kappa shape index (κ2) is 14.9. The number of carboxylic acid groups (broad SMARTS) is 5. The molecule has 0 aromatic heterocycles. The number of nitrogens with two attached hydrogens (primary N) is 1. The maximum absolute atomic E-state index is 10.5. The third kappa shape index (κ3) is 12.9. The Morgan fingerprint density at radius 3 is 1.35 bits per heavy atom. The van der Waals surface area contributed by atoms with Crippen molar-refractivity contribution in [1.29, 1.82) is 0 Å². The molecule has 0 saturated heterocycles. The minimum absolute atomic E-state index is 0.173. The number of aromatic carboxylic acids is 2. The van der Waals surface area contributed by atoms with E-state index in [0.717, 1.165) is 0 Å². The molecule has 2 atom stereocenters. The number of aliphatic hydroxyl groups excluding tert-OH is 2. The van der Waals surface area contributed by atoms with Crippen molar-refractivity contribution in [2.45, 2.75) is 12.2 Å². The van der Waals surface area contributed by atoms with E-state index >= 15 is 0 Å². The van der Waals surface area contributed by atoms with Crippen molar-refractivity contribution in [3.05, 3.63) is 35.4 Å². The van der Waals surface area contributed by atoms with Gasteiger partial charge >= 0.3 is 29.8 Å². The zero-order valence-corrected chi connectivity index (χ0v) is 15.5. The summed E-state index contributed by atoms with van der Waals surface area (Å²) in [5.41, 5.74) is 4.47. The lowest BCUT2D eigenvalue weighted by molar-refractivity contribution is -0.165. The van der Waals surface area contributed by atoms with Gasteiger partial charge in [0.15, 0.2) is 12.2 Å². The van der Waals surface area contributed by atoms with E-state index in [2.05, 4.69) is 5.32 Å². The predicted molar refractivity (Wildman–Crippen MR) is 97.3 cm³/mol. The highest BCUT2D eigenvalue weighted by Gasteiger charge is 2.29. The van der Waals surface area contributed by atoms with Crippen LogP contribution < -0.4 is 11.1 Å². The molecule has 0 fully saturated rings. The van der Waals surface area contributed by atoms with Gasteiger partial charge in [0.25, 0.3) is 0 Å². The van der Waals surface area contributed by atoms with Crippen LogP contribution in [0, 0.1) is 0 Å². The Bertz CT molecular complexity index is 757. The van der Waals surface area contributed by atoms with E-state index < -0.39 is 48.0 Å². The SMILES string of the molecule is NCC(=O)NCC(=O)O.O=C(O)C(O)C(O)C(=O)O.O=C(O)c1ccccc1C(=O)O. The molecule has 0 aliphatic heterocycles. The molecule has 0 bridgehead atoms. The minimum Gasteiger partial charge on any atom is -0.480 e. The van der Waals surface area contributed by atoms with Crippen LogP contribution in [0.15, 0.2) is 24.3 Å². The maximum Gasteiger partial charge on any atom is 0.336 e. The summed E-state index contributed by atoms with van der Waals surface area (Å²) < 4.78 is 0. The number of hydrogen-bond donors (Lipinski definition) is 9. The second-order valence-electron chi connectivity index (χ2n) is 5.10. The Balaban J connectivity index is 0. The Hall–Kier alpha value is -4.08. The van der Waals surface area contributed by atoms with Gasteiger partial charge in [0.05, 0.1) is 17.7 Å². The van der Waals surface area contributed by atoms with Crippen LogP contribution in [0.25, 0.3) is 0 Å². The first kappa shape index (κ1) is 29.1. The highest BCUT2D eigenvalue weighted by molar-refractivity contribution is 6.01. The minimum atomic E-state index is -2.27. The number of aliphatic hydroxyl groups is 2. The maximum atomic E-state index is 10.5. The molecular weight excluding hydrogens is 428 g/mol. The number of hydrogen-bond acceptors (Lipinski definition) is 9. The summed E-state index contributed by atoms with van der Waals surface area (Å²) in [5, 5.41) is 59.7. The number of nitrogens with one attached hydrogen (secondary N) is 1. The Morgan fingerprint density at radius 2 is 1.13 bits per heavy atom. The quantitative estimate of drug-likeness (QED) is 0.193. The molecule has 1 amide bonds. The summed E-state index contributed by atoms with van der Waals surface area (Å²) in [5.74, 6) is -7.53. The molecule has 0 radical (unpaired) electrons. The molecular formula is C16H20N2O13. The molecule has 172 valence electrons. The standard InChI is InChI=1S/C8H6O4.C4H8N2O3.C4H6O6/c9-7(10)5-3-1-2-4-6(5)8(11)12;5-1-3(7)6-2-4(8)9;5-1(3(7)8)2(6)4(9)10/h1-4H,(H,9,10)(H,11,12);1-2,5H2,(H,6,7)(H,8,9);1-2,5-6H,(H,7,8)(H,9,10). The lowest BCUT2D eigenvalue weighted by atomic mass is 10.1. The lowest BCUT2D eigenvalue weighted by Gasteiger charge is -2.07. The van der Waals surface area contributed by atoms with Gasteiger partial charge in [-0.3, -0.25) is 9.59 Å². The Morgan fingerprint density at radius 1 is 0.774 bits per heavy atom. The van der Waals surface area contributed by atoms with Gasteiger partial charge in [0.1, 0.15) is 6.54 Å². The van der Waals surface area contributed by atoms with Crippen LogP contribution in [0.2, 0.25) is 0 Å². The van der Waals surface area contributed by atoms with Gasteiger partial charge in [-0.15, -0.1) is 0 Å². The highest BCUT2D eigenvalue weighted by atomic mass is 16.4. The number of carboxylic acids is 5. The second-order valence-corrected chi connectivity index (χ2v) is 5.10. The molecule has 2 unspecified atom stereocenters. The molecule has 0 heterocycles. The first-order valence-corrected chi connectivity index (χ1v) is 7.82. The van der Waals surface area contributed by atoms with Gasteiger partial charge < -0.3 is 46.8 Å². The molecule has 0 aliphatic rings. The molecule has 0 aliphatic carbocycles. The molecule has 10 N–H and O–H groups in total. The number of carbonyl (C=O) groups excluding carboxylic acids is 1. The van der Waals surface area contributed by atoms with Crippen LogP contribution in [-0.4, -0.2) is 96.8 Å². The van der Waals surface area contributed by atoms with E-state index in [1.54, 1.807) is 0 Å². The summed E-state index contributed by atoms with van der Waals surface area (Å²) in [6.45, 7) is -0.538. The predicted octanol–water partition coefficient (Wildman–Crippen LogP) is -2.89. The molecule has 1 rings (SSSR count). The Kier molecular flexibility index (Phi) is 14.0. The summed E-state index contributed by atoms with van der Waals surface area (Å²) in [7, 11) is 0. The average molecular weight is 448 g/mol. The fourth-order valence-corrected chi connectivity index (χ4v) is 1.37. The Labute approximate surface area is 173 Å². The zero-order chi connectivity index (χ0) is 24.7. The van der Waals surface area contributed by atoms with Crippen LogP contribution in [-0.2, 0) is 19.2 Å². The largest absolute Gasteiger partial charge is 0.480 e. The van der Waals surface area contributed by atoms with Crippen LogP contribution >= 0.6 is 0 Å². The van der Waals surface area contributed by atoms with Gasteiger partial charge in [-0.2, -0.15) is 0 Å². The molecule has 31 heavy (non-hydrogen) atoms. The number of amides is 1. The summed E-state index contributed by atoms with van der Waals surface area (Å²) >= 11 is 0. The summed E-state index contributed by atoms with van der Waals surface area (Å²) in [4.78, 5) is 60.5. The zero-order valence-electron chi connectivity index (χ0n) is 15.5. The molecule has 15 heteroatoms. The lowest BCUT2D eigenvalue weighted by Crippen LogP contribution is -2.39. The van der Waals surface area contributed by atoms with Crippen molar-refractivity contribution in [1.82, 2.24) is 5.32 Å². The van der Waals surface area contributed by atoms with Crippen molar-refractivity contribution in [2.24, 2.45) is 5.73 Å².